The van der Waals surface area contributed by atoms with E-state index in [0.29, 0.717) is 5.69 Å². The Morgan fingerprint density at radius 3 is 2.65 bits per heavy atom. The monoisotopic (exact) mass is 222 g/mol. The molecule has 1 heterocycles. The molecule has 0 atom stereocenters. The topological polar surface area (TPSA) is 45.8 Å². The zero-order valence-electron chi connectivity index (χ0n) is 9.05. The van der Waals surface area contributed by atoms with E-state index in [4.69, 9.17) is 0 Å². The van der Waals surface area contributed by atoms with Gasteiger partial charge in [-0.25, -0.2) is 4.98 Å². The number of fused-ring (bicyclic) bond motifs is 1. The van der Waals surface area contributed by atoms with Gasteiger partial charge >= 0.3 is 0 Å². The Hall–Kier alpha value is -2.42. The van der Waals surface area contributed by atoms with Crippen molar-refractivity contribution in [1.29, 1.82) is 0 Å². The molecule has 0 spiro atoms. The Morgan fingerprint density at radius 2 is 1.82 bits per heavy atom. The van der Waals surface area contributed by atoms with Crippen molar-refractivity contribution in [2.45, 2.75) is 0 Å². The molecule has 0 fully saturated rings. The summed E-state index contributed by atoms with van der Waals surface area (Å²) in [5.74, 6) is 0. The second-order valence-electron chi connectivity index (χ2n) is 3.83. The summed E-state index contributed by atoms with van der Waals surface area (Å²) in [5.41, 5.74) is 1.13. The molecule has 3 nitrogen and oxygen atoms in total. The lowest BCUT2D eigenvalue weighted by atomic mass is 10.1. The van der Waals surface area contributed by atoms with Crippen molar-refractivity contribution < 1.29 is 0 Å². The average molecular weight is 222 g/mol. The molecule has 0 aliphatic carbocycles. The zero-order valence-corrected chi connectivity index (χ0v) is 9.05. The van der Waals surface area contributed by atoms with Gasteiger partial charge in [0.15, 0.2) is 0 Å². The molecule has 0 radical (unpaired) electrons. The molecule has 0 bridgehead atoms. The number of aromatic nitrogens is 2. The third-order valence-electron chi connectivity index (χ3n) is 2.73. The second-order valence-corrected chi connectivity index (χ2v) is 3.83. The molecular weight excluding hydrogens is 212 g/mol. The quantitative estimate of drug-likeness (QED) is 0.687. The normalized spacial score (nSPS) is 10.6. The molecule has 3 aromatic rings. The van der Waals surface area contributed by atoms with Crippen LogP contribution in [0.25, 0.3) is 22.0 Å². The van der Waals surface area contributed by atoms with E-state index >= 15 is 0 Å². The van der Waals surface area contributed by atoms with Gasteiger partial charge in [0.05, 0.1) is 0 Å². The molecule has 1 N–H and O–H groups in total. The Labute approximate surface area is 97.8 Å². The average Bonchev–Trinajstić information content (AvgIpc) is 2.39. The molecule has 3 rings (SSSR count). The predicted octanol–water partition coefficient (Wildman–Crippen LogP) is 2.59. The summed E-state index contributed by atoms with van der Waals surface area (Å²) in [5, 5.41) is 2.26. The zero-order chi connectivity index (χ0) is 11.7. The van der Waals surface area contributed by atoms with Gasteiger partial charge in [-0.05, 0) is 16.8 Å². The van der Waals surface area contributed by atoms with E-state index < -0.39 is 0 Å². The first-order valence-electron chi connectivity index (χ1n) is 5.37. The van der Waals surface area contributed by atoms with Crippen LogP contribution in [-0.4, -0.2) is 9.97 Å². The van der Waals surface area contributed by atoms with Crippen LogP contribution in [0.2, 0.25) is 0 Å². The van der Waals surface area contributed by atoms with Gasteiger partial charge in [-0.3, -0.25) is 4.79 Å². The van der Waals surface area contributed by atoms with E-state index in [2.05, 4.69) is 9.97 Å². The van der Waals surface area contributed by atoms with Gasteiger partial charge in [-0.15, -0.1) is 0 Å². The largest absolute Gasteiger partial charge is 0.326 e. The van der Waals surface area contributed by atoms with Crippen molar-refractivity contribution in [3.8, 4) is 11.3 Å². The number of nitrogens with one attached hydrogen (secondary N) is 1. The Balaban J connectivity index is 2.25. The SMILES string of the molecule is O=c1[nH]ccnc1-c1ccc2ccccc2c1. The molecule has 0 saturated heterocycles. The van der Waals surface area contributed by atoms with Gasteiger partial charge in [0.1, 0.15) is 5.69 Å². The minimum Gasteiger partial charge on any atom is -0.326 e. The molecule has 0 aliphatic rings. The van der Waals surface area contributed by atoms with Gasteiger partial charge in [-0.2, -0.15) is 0 Å². The minimum atomic E-state index is -0.164. The standard InChI is InChI=1S/C14H10N2O/c17-14-13(15-7-8-16-14)12-6-5-10-3-1-2-4-11(10)9-12/h1-9H,(H,16,17). The first-order valence-corrected chi connectivity index (χ1v) is 5.37. The van der Waals surface area contributed by atoms with Crippen molar-refractivity contribution in [3.05, 3.63) is 65.2 Å². The summed E-state index contributed by atoms with van der Waals surface area (Å²) in [4.78, 5) is 18.4. The van der Waals surface area contributed by atoms with Gasteiger partial charge in [-0.1, -0.05) is 36.4 Å². The summed E-state index contributed by atoms with van der Waals surface area (Å²) in [6.07, 6.45) is 3.12. The predicted molar refractivity (Wildman–Crippen MR) is 67.8 cm³/mol. The summed E-state index contributed by atoms with van der Waals surface area (Å²) in [6.45, 7) is 0. The smallest absolute Gasteiger partial charge is 0.274 e. The fraction of sp³-hybridized carbons (Fsp3) is 0. The molecule has 17 heavy (non-hydrogen) atoms. The number of nitrogens with zero attached hydrogens (tertiary/aromatic N) is 1. The maximum atomic E-state index is 11.6. The van der Waals surface area contributed by atoms with Crippen LogP contribution in [0.4, 0.5) is 0 Å². The first-order chi connectivity index (χ1) is 8.34. The highest BCUT2D eigenvalue weighted by Crippen LogP contribution is 2.20. The lowest BCUT2D eigenvalue weighted by Crippen LogP contribution is -2.09. The van der Waals surface area contributed by atoms with Crippen LogP contribution in [0.5, 0.6) is 0 Å². The van der Waals surface area contributed by atoms with Gasteiger partial charge in [0, 0.05) is 18.0 Å². The number of H-pyrrole nitrogens is 1. The molecule has 0 unspecified atom stereocenters. The van der Waals surface area contributed by atoms with Crippen LogP contribution in [0.15, 0.2) is 59.7 Å². The van der Waals surface area contributed by atoms with Crippen LogP contribution >= 0.6 is 0 Å². The third kappa shape index (κ3) is 1.72. The summed E-state index contributed by atoms with van der Waals surface area (Å²) < 4.78 is 0. The van der Waals surface area contributed by atoms with E-state index in [-0.39, 0.29) is 5.56 Å². The van der Waals surface area contributed by atoms with Crippen LogP contribution in [0.1, 0.15) is 0 Å². The van der Waals surface area contributed by atoms with Crippen molar-refractivity contribution in [3.63, 3.8) is 0 Å². The Morgan fingerprint density at radius 1 is 1.00 bits per heavy atom. The number of aromatic amines is 1. The maximum Gasteiger partial charge on any atom is 0.274 e. The molecule has 82 valence electrons. The van der Waals surface area contributed by atoms with E-state index in [1.165, 1.54) is 6.20 Å². The minimum absolute atomic E-state index is 0.164. The van der Waals surface area contributed by atoms with Gasteiger partial charge in [0.25, 0.3) is 5.56 Å². The highest BCUT2D eigenvalue weighted by atomic mass is 16.1. The summed E-state index contributed by atoms with van der Waals surface area (Å²) in [6, 6.07) is 13.9. The van der Waals surface area contributed by atoms with Gasteiger partial charge in [0.2, 0.25) is 0 Å². The summed E-state index contributed by atoms with van der Waals surface area (Å²) >= 11 is 0. The number of benzene rings is 2. The molecular formula is C14H10N2O. The molecule has 0 aliphatic heterocycles. The van der Waals surface area contributed by atoms with Crippen molar-refractivity contribution in [1.82, 2.24) is 9.97 Å². The lowest BCUT2D eigenvalue weighted by Gasteiger charge is -2.01. The number of rotatable bonds is 1. The highest BCUT2D eigenvalue weighted by molar-refractivity contribution is 5.86. The van der Waals surface area contributed by atoms with Crippen molar-refractivity contribution in [2.75, 3.05) is 0 Å². The molecule has 2 aromatic carbocycles. The highest BCUT2D eigenvalue weighted by Gasteiger charge is 2.04. The molecule has 0 amide bonds. The fourth-order valence-corrected chi connectivity index (χ4v) is 1.89. The van der Waals surface area contributed by atoms with E-state index in [1.807, 2.05) is 42.5 Å². The van der Waals surface area contributed by atoms with Crippen LogP contribution < -0.4 is 5.56 Å². The lowest BCUT2D eigenvalue weighted by molar-refractivity contribution is 1.15. The van der Waals surface area contributed by atoms with Gasteiger partial charge < -0.3 is 4.98 Å². The molecule has 1 aromatic heterocycles. The summed E-state index contributed by atoms with van der Waals surface area (Å²) in [7, 11) is 0. The third-order valence-corrected chi connectivity index (χ3v) is 2.73. The fourth-order valence-electron chi connectivity index (χ4n) is 1.89. The van der Waals surface area contributed by atoms with Crippen LogP contribution in [-0.2, 0) is 0 Å². The van der Waals surface area contributed by atoms with Crippen LogP contribution in [0, 0.1) is 0 Å². The Bertz CT molecular complexity index is 731. The van der Waals surface area contributed by atoms with Crippen LogP contribution in [0.3, 0.4) is 0 Å². The van der Waals surface area contributed by atoms with Crippen molar-refractivity contribution in [2.24, 2.45) is 0 Å². The number of hydrogen-bond donors (Lipinski definition) is 1. The maximum absolute atomic E-state index is 11.6. The first kappa shape index (κ1) is 9.78. The molecule has 3 heteroatoms. The van der Waals surface area contributed by atoms with E-state index in [9.17, 15) is 4.79 Å². The number of hydrogen-bond acceptors (Lipinski definition) is 2. The second kappa shape index (κ2) is 3.87. The Kier molecular flexibility index (Phi) is 2.22. The molecule has 0 saturated carbocycles. The van der Waals surface area contributed by atoms with E-state index in [1.54, 1.807) is 6.20 Å². The van der Waals surface area contributed by atoms with E-state index in [0.717, 1.165) is 16.3 Å². The van der Waals surface area contributed by atoms with Crippen molar-refractivity contribution >= 4 is 10.8 Å².